The molecule has 5 aromatic rings. The maximum absolute atomic E-state index is 4.54. The molecule has 0 aromatic heterocycles. The summed E-state index contributed by atoms with van der Waals surface area (Å²) in [6.45, 7) is 20.3. The van der Waals surface area contributed by atoms with Crippen LogP contribution >= 0.6 is 0 Å². The molecule has 0 atom stereocenters. The van der Waals surface area contributed by atoms with Crippen molar-refractivity contribution in [3.8, 4) is 0 Å². The number of rotatable bonds is 6. The maximum Gasteiger partial charge on any atom is 0.0501 e. The van der Waals surface area contributed by atoms with Gasteiger partial charge in [0.15, 0.2) is 0 Å². The first kappa shape index (κ1) is 38.0. The van der Waals surface area contributed by atoms with Crippen LogP contribution < -0.4 is 9.80 Å². The molecule has 1 aliphatic rings. The second-order valence-electron chi connectivity index (χ2n) is 12.7. The largest absolute Gasteiger partial charge is 0.344 e. The Kier molecular flexibility index (Phi) is 14.4. The zero-order valence-electron chi connectivity index (χ0n) is 31.2. The molecule has 5 aromatic carbocycles. The van der Waals surface area contributed by atoms with Gasteiger partial charge in [0.25, 0.3) is 0 Å². The average Bonchev–Trinajstić information content (AvgIpc) is 3.21. The van der Waals surface area contributed by atoms with E-state index in [1.54, 1.807) is 0 Å². The smallest absolute Gasteiger partial charge is 0.0501 e. The Labute approximate surface area is 307 Å². The summed E-state index contributed by atoms with van der Waals surface area (Å²) in [6.07, 6.45) is 16.6. The van der Waals surface area contributed by atoms with Crippen LogP contribution in [0.2, 0.25) is 0 Å². The van der Waals surface area contributed by atoms with Gasteiger partial charge in [0.05, 0.1) is 5.69 Å². The van der Waals surface area contributed by atoms with Gasteiger partial charge in [-0.1, -0.05) is 158 Å². The van der Waals surface area contributed by atoms with Crippen molar-refractivity contribution in [2.75, 3.05) is 23.4 Å². The first-order valence-electron chi connectivity index (χ1n) is 17.6. The minimum atomic E-state index is 0.751. The van der Waals surface area contributed by atoms with Crippen molar-refractivity contribution in [3.05, 3.63) is 216 Å². The van der Waals surface area contributed by atoms with Gasteiger partial charge < -0.3 is 9.80 Å². The Hall–Kier alpha value is -5.86. The lowest BCUT2D eigenvalue weighted by Gasteiger charge is -2.31. The number of hydrogen-bond acceptors (Lipinski definition) is 2. The third-order valence-electron chi connectivity index (χ3n) is 8.47. The van der Waals surface area contributed by atoms with Crippen LogP contribution in [0.5, 0.6) is 0 Å². The van der Waals surface area contributed by atoms with Crippen molar-refractivity contribution in [1.29, 1.82) is 0 Å². The summed E-state index contributed by atoms with van der Waals surface area (Å²) >= 11 is 0. The van der Waals surface area contributed by atoms with E-state index in [4.69, 9.17) is 0 Å². The lowest BCUT2D eigenvalue weighted by molar-refractivity contribution is 1.08. The molecular formula is C49H52N2. The van der Waals surface area contributed by atoms with Crippen molar-refractivity contribution < 1.29 is 0 Å². The van der Waals surface area contributed by atoms with Crippen LogP contribution in [0, 0.1) is 27.7 Å². The van der Waals surface area contributed by atoms with Gasteiger partial charge in [-0.05, 0) is 93.3 Å². The standard InChI is InChI=1S/C35H36N2.2C7H8/c1-7-8-10-17-28(4)34-32(36(6)30-19-13-15-26(2)24-30)21-22-33-35(34)29(5)18-11-9-12-23-37(33)31-20-14-16-27(3)25-31;2*1-7-5-3-2-4-6-7/h7-22,24-25H,4-5,23H2,1-3,6H3;2*2-6H,1H3/b8-7-,12-9-,17-10-,18-11-;;. The van der Waals surface area contributed by atoms with Crippen molar-refractivity contribution in [2.24, 2.45) is 0 Å². The summed E-state index contributed by atoms with van der Waals surface area (Å²) in [5.41, 5.74) is 13.7. The summed E-state index contributed by atoms with van der Waals surface area (Å²) in [5, 5.41) is 0. The molecule has 2 heteroatoms. The number of fused-ring (bicyclic) bond motifs is 1. The quantitative estimate of drug-likeness (QED) is 0.166. The number of aryl methyl sites for hydroxylation is 4. The third kappa shape index (κ3) is 11.1. The van der Waals surface area contributed by atoms with Crippen LogP contribution in [-0.4, -0.2) is 13.6 Å². The molecule has 0 radical (unpaired) electrons. The summed E-state index contributed by atoms with van der Waals surface area (Å²) in [4.78, 5) is 4.61. The van der Waals surface area contributed by atoms with Crippen molar-refractivity contribution in [2.45, 2.75) is 34.6 Å². The van der Waals surface area contributed by atoms with Crippen LogP contribution in [0.15, 0.2) is 183 Å². The Morgan fingerprint density at radius 2 is 1.29 bits per heavy atom. The average molecular weight is 669 g/mol. The fourth-order valence-corrected chi connectivity index (χ4v) is 5.78. The molecule has 0 unspecified atom stereocenters. The van der Waals surface area contributed by atoms with Gasteiger partial charge in [-0.25, -0.2) is 0 Å². The summed E-state index contributed by atoms with van der Waals surface area (Å²) in [7, 11) is 2.12. The van der Waals surface area contributed by atoms with Crippen molar-refractivity contribution in [1.82, 2.24) is 0 Å². The first-order chi connectivity index (χ1) is 24.7. The number of hydrogen-bond donors (Lipinski definition) is 0. The lowest BCUT2D eigenvalue weighted by atomic mass is 9.90. The number of anilines is 4. The Bertz CT molecular complexity index is 1970. The van der Waals surface area contributed by atoms with Crippen LogP contribution in [0.3, 0.4) is 0 Å². The minimum Gasteiger partial charge on any atom is -0.344 e. The van der Waals surface area contributed by atoms with Crippen LogP contribution in [0.1, 0.15) is 40.3 Å². The summed E-state index contributed by atoms with van der Waals surface area (Å²) < 4.78 is 0. The molecule has 0 fully saturated rings. The van der Waals surface area contributed by atoms with E-state index < -0.39 is 0 Å². The molecular weight excluding hydrogens is 617 g/mol. The van der Waals surface area contributed by atoms with Gasteiger partial charge in [-0.2, -0.15) is 0 Å². The molecule has 0 amide bonds. The van der Waals surface area contributed by atoms with E-state index in [-0.39, 0.29) is 0 Å². The number of nitrogens with zero attached hydrogens (tertiary/aromatic N) is 2. The normalized spacial score (nSPS) is 13.5. The van der Waals surface area contributed by atoms with Crippen LogP contribution in [0.4, 0.5) is 22.7 Å². The monoisotopic (exact) mass is 668 g/mol. The highest BCUT2D eigenvalue weighted by Crippen LogP contribution is 2.44. The molecule has 0 saturated carbocycles. The second-order valence-corrected chi connectivity index (χ2v) is 12.7. The SMILES string of the molecule is C=C(/C=C\C=C/C)c1c(N(C)c2cccc(C)c2)ccc2c1C(=C)/C=C\C=C/CN2c1cccc(C)c1.Cc1ccccc1.Cc1ccccc1. The molecule has 258 valence electrons. The fraction of sp³-hybridized carbons (Fsp3) is 0.143. The zero-order valence-corrected chi connectivity index (χ0v) is 31.2. The van der Waals surface area contributed by atoms with Crippen LogP contribution in [0.25, 0.3) is 11.1 Å². The van der Waals surface area contributed by atoms with E-state index in [2.05, 4.69) is 173 Å². The summed E-state index contributed by atoms with van der Waals surface area (Å²) in [6, 6.07) is 42.2. The lowest BCUT2D eigenvalue weighted by Crippen LogP contribution is -2.20. The van der Waals surface area contributed by atoms with Crippen molar-refractivity contribution in [3.63, 3.8) is 0 Å². The minimum absolute atomic E-state index is 0.751. The third-order valence-corrected chi connectivity index (χ3v) is 8.47. The topological polar surface area (TPSA) is 6.48 Å². The fourth-order valence-electron chi connectivity index (χ4n) is 5.78. The first-order valence-corrected chi connectivity index (χ1v) is 17.6. The van der Waals surface area contributed by atoms with Gasteiger partial charge in [-0.15, -0.1) is 0 Å². The molecule has 0 bridgehead atoms. The van der Waals surface area contributed by atoms with E-state index in [0.717, 1.165) is 51.6 Å². The zero-order chi connectivity index (χ0) is 36.6. The molecule has 1 aliphatic heterocycles. The molecule has 2 nitrogen and oxygen atoms in total. The molecule has 0 saturated heterocycles. The predicted octanol–water partition coefficient (Wildman–Crippen LogP) is 13.5. The van der Waals surface area contributed by atoms with E-state index in [9.17, 15) is 0 Å². The van der Waals surface area contributed by atoms with Crippen LogP contribution in [-0.2, 0) is 0 Å². The van der Waals surface area contributed by atoms with E-state index in [0.29, 0.717) is 0 Å². The maximum atomic E-state index is 4.54. The predicted molar refractivity (Wildman–Crippen MR) is 227 cm³/mol. The molecule has 0 spiro atoms. The highest BCUT2D eigenvalue weighted by atomic mass is 15.1. The summed E-state index contributed by atoms with van der Waals surface area (Å²) in [5.74, 6) is 0. The molecule has 6 rings (SSSR count). The number of benzene rings is 5. The Morgan fingerprint density at radius 1 is 0.686 bits per heavy atom. The van der Waals surface area contributed by atoms with Gasteiger partial charge in [-0.3, -0.25) is 0 Å². The van der Waals surface area contributed by atoms with Gasteiger partial charge in [0.1, 0.15) is 0 Å². The van der Waals surface area contributed by atoms with E-state index >= 15 is 0 Å². The molecule has 0 N–H and O–H groups in total. The van der Waals surface area contributed by atoms with Gasteiger partial charge >= 0.3 is 0 Å². The highest BCUT2D eigenvalue weighted by Gasteiger charge is 2.23. The van der Waals surface area contributed by atoms with Gasteiger partial charge in [0, 0.05) is 41.8 Å². The second kappa shape index (κ2) is 19.4. The molecule has 1 heterocycles. The van der Waals surface area contributed by atoms with Gasteiger partial charge in [0.2, 0.25) is 0 Å². The highest BCUT2D eigenvalue weighted by molar-refractivity contribution is 5.98. The Morgan fingerprint density at radius 3 is 1.86 bits per heavy atom. The van der Waals surface area contributed by atoms with Crippen molar-refractivity contribution >= 4 is 33.9 Å². The number of allylic oxidation sites excluding steroid dienone is 9. The van der Waals surface area contributed by atoms with E-state index in [1.807, 2.05) is 61.5 Å². The molecule has 0 aliphatic carbocycles. The Balaban J connectivity index is 0.000000343. The van der Waals surface area contributed by atoms with E-state index in [1.165, 1.54) is 22.3 Å². The molecule has 51 heavy (non-hydrogen) atoms.